The molecule has 17 heavy (non-hydrogen) atoms. The average Bonchev–Trinajstić information content (AvgIpc) is 2.29. The minimum absolute atomic E-state index is 0.270. The van der Waals surface area contributed by atoms with E-state index in [1.807, 2.05) is 14.0 Å². The molecule has 5 nitrogen and oxygen atoms in total. The Kier molecular flexibility index (Phi) is 6.47. The molecule has 0 radical (unpaired) electrons. The Hall–Kier alpha value is -0.650. The van der Waals surface area contributed by atoms with E-state index in [9.17, 15) is 4.79 Å². The molecule has 0 aliphatic carbocycles. The quantitative estimate of drug-likeness (QED) is 0.658. The fourth-order valence-corrected chi connectivity index (χ4v) is 2.19. The monoisotopic (exact) mass is 243 g/mol. The van der Waals surface area contributed by atoms with E-state index in [-0.39, 0.29) is 11.9 Å². The van der Waals surface area contributed by atoms with Gasteiger partial charge in [-0.3, -0.25) is 4.79 Å². The highest BCUT2D eigenvalue weighted by Gasteiger charge is 2.20. The van der Waals surface area contributed by atoms with Crippen molar-refractivity contribution in [2.24, 2.45) is 5.73 Å². The minimum atomic E-state index is -0.289. The fourth-order valence-electron chi connectivity index (χ4n) is 2.19. The summed E-state index contributed by atoms with van der Waals surface area (Å²) < 4.78 is 5.67. The number of likely N-dealkylation sites (N-methyl/N-ethyl adjacent to an activating group) is 2. The summed E-state index contributed by atoms with van der Waals surface area (Å²) in [4.78, 5) is 13.3. The lowest BCUT2D eigenvalue weighted by Crippen LogP contribution is -2.49. The van der Waals surface area contributed by atoms with E-state index in [4.69, 9.17) is 10.5 Å². The van der Waals surface area contributed by atoms with Gasteiger partial charge in [0.2, 0.25) is 5.91 Å². The van der Waals surface area contributed by atoms with Gasteiger partial charge in [0.15, 0.2) is 0 Å². The van der Waals surface area contributed by atoms with Gasteiger partial charge in [-0.05, 0) is 32.9 Å². The van der Waals surface area contributed by atoms with Crippen molar-refractivity contribution in [1.29, 1.82) is 0 Å². The number of carbonyl (C=O) groups excluding carboxylic acids is 1. The Morgan fingerprint density at radius 1 is 1.59 bits per heavy atom. The molecular weight excluding hydrogens is 218 g/mol. The van der Waals surface area contributed by atoms with Crippen LogP contribution in [0.1, 0.15) is 26.2 Å². The number of nitrogens with two attached hydrogens (primary N) is 1. The summed E-state index contributed by atoms with van der Waals surface area (Å²) in [6.07, 6.45) is 3.84. The molecule has 0 bridgehead atoms. The van der Waals surface area contributed by atoms with E-state index >= 15 is 0 Å². The van der Waals surface area contributed by atoms with Crippen molar-refractivity contribution in [1.82, 2.24) is 10.2 Å². The first-order valence-corrected chi connectivity index (χ1v) is 6.46. The summed E-state index contributed by atoms with van der Waals surface area (Å²) in [5.41, 5.74) is 5.34. The second-order valence-electron chi connectivity index (χ2n) is 4.72. The number of hydrogen-bond donors (Lipinski definition) is 2. The zero-order valence-electron chi connectivity index (χ0n) is 10.9. The van der Waals surface area contributed by atoms with Crippen LogP contribution >= 0.6 is 0 Å². The average molecular weight is 243 g/mol. The number of nitrogens with one attached hydrogen (secondary N) is 1. The lowest BCUT2D eigenvalue weighted by molar-refractivity contribution is -0.120. The minimum Gasteiger partial charge on any atom is -0.377 e. The van der Waals surface area contributed by atoms with Crippen LogP contribution in [0.5, 0.6) is 0 Å². The third-order valence-electron chi connectivity index (χ3n) is 3.08. The number of ether oxygens (including phenoxy) is 1. The van der Waals surface area contributed by atoms with Gasteiger partial charge >= 0.3 is 0 Å². The number of carbonyl (C=O) groups is 1. The standard InChI is InChI=1S/C12H25N3O2/c1-3-14-11(12(13)16)9-15(2)8-10-6-4-5-7-17-10/h10-11,14H,3-9H2,1-2H3,(H2,13,16). The molecule has 3 N–H and O–H groups in total. The summed E-state index contributed by atoms with van der Waals surface area (Å²) in [6.45, 7) is 5.10. The first kappa shape index (κ1) is 14.4. The molecule has 1 heterocycles. The van der Waals surface area contributed by atoms with Crippen LogP contribution in [0, 0.1) is 0 Å². The molecule has 0 aromatic rings. The zero-order chi connectivity index (χ0) is 12.7. The number of amides is 1. The molecular formula is C12H25N3O2. The van der Waals surface area contributed by atoms with Crippen molar-refractivity contribution in [3.63, 3.8) is 0 Å². The molecule has 100 valence electrons. The summed E-state index contributed by atoms with van der Waals surface area (Å²) in [5.74, 6) is -0.289. The van der Waals surface area contributed by atoms with Crippen molar-refractivity contribution in [2.75, 3.05) is 33.3 Å². The number of nitrogens with zero attached hydrogens (tertiary/aromatic N) is 1. The SMILES string of the molecule is CCNC(CN(C)CC1CCCCO1)C(N)=O. The predicted octanol–water partition coefficient (Wildman–Crippen LogP) is -0.0493. The molecule has 1 fully saturated rings. The van der Waals surface area contributed by atoms with Crippen LogP contribution < -0.4 is 11.1 Å². The third-order valence-corrected chi connectivity index (χ3v) is 3.08. The van der Waals surface area contributed by atoms with Gasteiger partial charge < -0.3 is 20.7 Å². The number of primary amides is 1. The summed E-state index contributed by atoms with van der Waals surface area (Å²) in [6, 6.07) is -0.270. The summed E-state index contributed by atoms with van der Waals surface area (Å²) >= 11 is 0. The molecule has 1 aliphatic rings. The van der Waals surface area contributed by atoms with Gasteiger partial charge in [-0.2, -0.15) is 0 Å². The molecule has 0 aromatic carbocycles. The number of hydrogen-bond acceptors (Lipinski definition) is 4. The van der Waals surface area contributed by atoms with Gasteiger partial charge in [-0.25, -0.2) is 0 Å². The zero-order valence-corrected chi connectivity index (χ0v) is 10.9. The smallest absolute Gasteiger partial charge is 0.235 e. The van der Waals surface area contributed by atoms with E-state index in [1.165, 1.54) is 12.8 Å². The maximum atomic E-state index is 11.2. The Labute approximate surface area is 104 Å². The van der Waals surface area contributed by atoms with Crippen LogP contribution in [0.25, 0.3) is 0 Å². The van der Waals surface area contributed by atoms with Crippen LogP contribution in [0.3, 0.4) is 0 Å². The summed E-state index contributed by atoms with van der Waals surface area (Å²) in [7, 11) is 2.01. The molecule has 0 spiro atoms. The van der Waals surface area contributed by atoms with E-state index in [0.29, 0.717) is 12.6 Å². The van der Waals surface area contributed by atoms with Crippen molar-refractivity contribution >= 4 is 5.91 Å². The van der Waals surface area contributed by atoms with Crippen molar-refractivity contribution in [2.45, 2.75) is 38.3 Å². The molecule has 0 aromatic heterocycles. The second kappa shape index (κ2) is 7.63. The highest BCUT2D eigenvalue weighted by molar-refractivity contribution is 5.80. The Morgan fingerprint density at radius 2 is 2.35 bits per heavy atom. The number of rotatable bonds is 7. The third kappa shape index (κ3) is 5.48. The van der Waals surface area contributed by atoms with Crippen molar-refractivity contribution < 1.29 is 9.53 Å². The van der Waals surface area contributed by atoms with Gasteiger partial charge in [0.25, 0.3) is 0 Å². The predicted molar refractivity (Wildman–Crippen MR) is 67.7 cm³/mol. The van der Waals surface area contributed by atoms with Gasteiger partial charge in [-0.1, -0.05) is 6.92 Å². The van der Waals surface area contributed by atoms with E-state index < -0.39 is 0 Å². The molecule has 0 saturated carbocycles. The Balaban J connectivity index is 2.30. The molecule has 2 unspecified atom stereocenters. The normalized spacial score (nSPS) is 22.6. The van der Waals surface area contributed by atoms with Gasteiger partial charge in [-0.15, -0.1) is 0 Å². The molecule has 5 heteroatoms. The fraction of sp³-hybridized carbons (Fsp3) is 0.917. The molecule has 1 amide bonds. The van der Waals surface area contributed by atoms with Crippen LogP contribution in [0.2, 0.25) is 0 Å². The molecule has 1 rings (SSSR count). The topological polar surface area (TPSA) is 67.6 Å². The molecule has 1 aliphatic heterocycles. The first-order chi connectivity index (χ1) is 8.13. The van der Waals surface area contributed by atoms with E-state index in [2.05, 4.69) is 10.2 Å². The highest BCUT2D eigenvalue weighted by atomic mass is 16.5. The van der Waals surface area contributed by atoms with E-state index in [1.54, 1.807) is 0 Å². The molecule has 1 saturated heterocycles. The maximum Gasteiger partial charge on any atom is 0.235 e. The van der Waals surface area contributed by atoms with E-state index in [0.717, 1.165) is 26.1 Å². The second-order valence-corrected chi connectivity index (χ2v) is 4.72. The van der Waals surface area contributed by atoms with Crippen LogP contribution in [-0.2, 0) is 9.53 Å². The van der Waals surface area contributed by atoms with Crippen LogP contribution in [0.15, 0.2) is 0 Å². The maximum absolute atomic E-state index is 11.2. The van der Waals surface area contributed by atoms with Gasteiger partial charge in [0.05, 0.1) is 12.1 Å². The summed E-state index contributed by atoms with van der Waals surface area (Å²) in [5, 5.41) is 3.09. The van der Waals surface area contributed by atoms with Crippen LogP contribution in [-0.4, -0.2) is 56.2 Å². The lowest BCUT2D eigenvalue weighted by Gasteiger charge is -2.29. The molecule has 2 atom stereocenters. The van der Waals surface area contributed by atoms with Gasteiger partial charge in [0.1, 0.15) is 0 Å². The van der Waals surface area contributed by atoms with Crippen molar-refractivity contribution in [3.8, 4) is 0 Å². The van der Waals surface area contributed by atoms with Gasteiger partial charge in [0, 0.05) is 19.7 Å². The Bertz CT molecular complexity index is 230. The first-order valence-electron chi connectivity index (χ1n) is 6.46. The largest absolute Gasteiger partial charge is 0.377 e. The van der Waals surface area contributed by atoms with Crippen molar-refractivity contribution in [3.05, 3.63) is 0 Å². The highest BCUT2D eigenvalue weighted by Crippen LogP contribution is 2.13. The Morgan fingerprint density at radius 3 is 2.88 bits per heavy atom. The van der Waals surface area contributed by atoms with Crippen LogP contribution in [0.4, 0.5) is 0 Å². The lowest BCUT2D eigenvalue weighted by atomic mass is 10.1.